The minimum Gasteiger partial charge on any atom is -0.494 e. The smallest absolute Gasteiger partial charge is 0.343 e. The van der Waals surface area contributed by atoms with E-state index in [4.69, 9.17) is 14.2 Å². The predicted molar refractivity (Wildman–Crippen MR) is 165 cm³/mol. The maximum Gasteiger partial charge on any atom is 0.343 e. The van der Waals surface area contributed by atoms with Crippen molar-refractivity contribution in [2.75, 3.05) is 13.2 Å². The van der Waals surface area contributed by atoms with Crippen LogP contribution in [0.2, 0.25) is 0 Å². The third-order valence-corrected chi connectivity index (χ3v) is 7.21. The monoisotopic (exact) mass is 544 g/mol. The molecule has 0 heterocycles. The molecule has 4 nitrogen and oxygen atoms in total. The molecule has 0 radical (unpaired) electrons. The number of carbonyl (C=O) groups is 1. The first-order chi connectivity index (χ1) is 19.6. The van der Waals surface area contributed by atoms with Crippen molar-refractivity contribution in [1.82, 2.24) is 0 Å². The van der Waals surface area contributed by atoms with Crippen molar-refractivity contribution in [2.45, 2.75) is 97.5 Å². The van der Waals surface area contributed by atoms with Crippen LogP contribution in [0.4, 0.5) is 0 Å². The molecule has 0 saturated heterocycles. The Labute approximate surface area is 242 Å². The van der Waals surface area contributed by atoms with Crippen LogP contribution in [0.5, 0.6) is 11.5 Å². The van der Waals surface area contributed by atoms with Gasteiger partial charge in [0.05, 0.1) is 18.3 Å². The molecule has 0 spiro atoms. The molecular formula is C36H48O4. The van der Waals surface area contributed by atoms with E-state index < -0.39 is 0 Å². The van der Waals surface area contributed by atoms with Gasteiger partial charge in [-0.2, -0.15) is 0 Å². The third kappa shape index (κ3) is 11.2. The average molecular weight is 545 g/mol. The van der Waals surface area contributed by atoms with E-state index in [1.54, 1.807) is 12.1 Å². The summed E-state index contributed by atoms with van der Waals surface area (Å²) in [5.74, 6) is 0.891. The Kier molecular flexibility index (Phi) is 14.4. The van der Waals surface area contributed by atoms with Crippen LogP contribution in [0.1, 0.15) is 113 Å². The van der Waals surface area contributed by atoms with Gasteiger partial charge in [-0.1, -0.05) is 108 Å². The molecular weight excluding hydrogens is 496 g/mol. The van der Waals surface area contributed by atoms with Gasteiger partial charge in [-0.15, -0.1) is 0 Å². The van der Waals surface area contributed by atoms with Crippen molar-refractivity contribution >= 4 is 5.97 Å². The number of rotatable bonds is 19. The topological polar surface area (TPSA) is 44.8 Å². The minimum atomic E-state index is -0.377. The Morgan fingerprint density at radius 2 is 1.12 bits per heavy atom. The fourth-order valence-corrected chi connectivity index (χ4v) is 4.68. The Bertz CT molecular complexity index is 1090. The van der Waals surface area contributed by atoms with Gasteiger partial charge in [0, 0.05) is 6.61 Å². The molecule has 0 aliphatic carbocycles. The molecule has 0 amide bonds. The number of benzene rings is 3. The van der Waals surface area contributed by atoms with E-state index in [9.17, 15) is 4.79 Å². The maximum atomic E-state index is 12.6. The zero-order valence-corrected chi connectivity index (χ0v) is 24.8. The van der Waals surface area contributed by atoms with Gasteiger partial charge in [0.1, 0.15) is 11.5 Å². The van der Waals surface area contributed by atoms with E-state index in [1.165, 1.54) is 63.4 Å². The van der Waals surface area contributed by atoms with Crippen LogP contribution in [0.25, 0.3) is 11.1 Å². The van der Waals surface area contributed by atoms with Gasteiger partial charge >= 0.3 is 5.97 Å². The average Bonchev–Trinajstić information content (AvgIpc) is 2.99. The highest BCUT2D eigenvalue weighted by molar-refractivity contribution is 5.91. The van der Waals surface area contributed by atoms with Crippen molar-refractivity contribution in [3.05, 3.63) is 83.9 Å². The van der Waals surface area contributed by atoms with E-state index in [0.717, 1.165) is 36.3 Å². The summed E-state index contributed by atoms with van der Waals surface area (Å²) in [6.07, 6.45) is 14.4. The number of hydrogen-bond donors (Lipinski definition) is 0. The Morgan fingerprint density at radius 1 is 0.600 bits per heavy atom. The van der Waals surface area contributed by atoms with Crippen LogP contribution in [0.3, 0.4) is 0 Å². The number of carbonyl (C=O) groups excluding carboxylic acids is 1. The number of esters is 1. The van der Waals surface area contributed by atoms with Crippen LogP contribution in [0, 0.1) is 0 Å². The fourth-order valence-electron chi connectivity index (χ4n) is 4.68. The molecule has 216 valence electrons. The Morgan fingerprint density at radius 3 is 1.70 bits per heavy atom. The van der Waals surface area contributed by atoms with Gasteiger partial charge in [-0.3, -0.25) is 0 Å². The van der Waals surface area contributed by atoms with Crippen LogP contribution in [-0.2, 0) is 4.74 Å². The molecule has 0 aliphatic heterocycles. The van der Waals surface area contributed by atoms with Gasteiger partial charge in [0.2, 0.25) is 0 Å². The summed E-state index contributed by atoms with van der Waals surface area (Å²) in [7, 11) is 0. The summed E-state index contributed by atoms with van der Waals surface area (Å²) in [5, 5.41) is 0. The highest BCUT2D eigenvalue weighted by Crippen LogP contribution is 2.25. The lowest BCUT2D eigenvalue weighted by molar-refractivity contribution is 0.0627. The SMILES string of the molecule is CCCCCCCCCCCCOC(C)c1ccc(-c2ccc(C(=O)Oc3ccc(OCCC)cc3)cc2)cc1. The number of unbranched alkanes of at least 4 members (excludes halogenated alkanes) is 9. The van der Waals surface area contributed by atoms with Crippen LogP contribution >= 0.6 is 0 Å². The highest BCUT2D eigenvalue weighted by Gasteiger charge is 2.10. The lowest BCUT2D eigenvalue weighted by Crippen LogP contribution is -2.08. The molecule has 0 aliphatic rings. The fraction of sp³-hybridized carbons (Fsp3) is 0.472. The number of ether oxygens (including phenoxy) is 3. The Hall–Kier alpha value is -3.11. The maximum absolute atomic E-state index is 12.6. The van der Waals surface area contributed by atoms with Crippen molar-refractivity contribution in [1.29, 1.82) is 0 Å². The molecule has 3 aromatic carbocycles. The number of hydrogen-bond acceptors (Lipinski definition) is 4. The van der Waals surface area contributed by atoms with Crippen molar-refractivity contribution in [2.24, 2.45) is 0 Å². The van der Waals surface area contributed by atoms with Crippen LogP contribution in [0.15, 0.2) is 72.8 Å². The second-order valence-electron chi connectivity index (χ2n) is 10.6. The second-order valence-corrected chi connectivity index (χ2v) is 10.6. The summed E-state index contributed by atoms with van der Waals surface area (Å²) in [5.41, 5.74) is 3.86. The highest BCUT2D eigenvalue weighted by atomic mass is 16.5. The summed E-state index contributed by atoms with van der Waals surface area (Å²) in [4.78, 5) is 12.6. The molecule has 1 atom stereocenters. The first-order valence-corrected chi connectivity index (χ1v) is 15.4. The minimum absolute atomic E-state index is 0.0806. The summed E-state index contributed by atoms with van der Waals surface area (Å²) >= 11 is 0. The molecule has 0 N–H and O–H groups in total. The molecule has 0 saturated carbocycles. The molecule has 4 heteroatoms. The zero-order valence-electron chi connectivity index (χ0n) is 24.8. The van der Waals surface area contributed by atoms with Gasteiger partial charge < -0.3 is 14.2 Å². The second kappa shape index (κ2) is 18.3. The molecule has 40 heavy (non-hydrogen) atoms. The van der Waals surface area contributed by atoms with Gasteiger partial charge in [0.25, 0.3) is 0 Å². The van der Waals surface area contributed by atoms with E-state index >= 15 is 0 Å². The molecule has 3 aromatic rings. The van der Waals surface area contributed by atoms with E-state index in [2.05, 4.69) is 45.0 Å². The normalized spacial score (nSPS) is 11.8. The summed E-state index contributed by atoms with van der Waals surface area (Å²) < 4.78 is 17.2. The molecule has 0 bridgehead atoms. The van der Waals surface area contributed by atoms with Crippen molar-refractivity contribution in [3.63, 3.8) is 0 Å². The van der Waals surface area contributed by atoms with Gasteiger partial charge in [0.15, 0.2) is 0 Å². The van der Waals surface area contributed by atoms with Gasteiger partial charge in [-0.05, 0) is 72.9 Å². The lowest BCUT2D eigenvalue weighted by atomic mass is 10.0. The van der Waals surface area contributed by atoms with Crippen LogP contribution < -0.4 is 9.47 Å². The largest absolute Gasteiger partial charge is 0.494 e. The first kappa shape index (κ1) is 31.4. The van der Waals surface area contributed by atoms with Gasteiger partial charge in [-0.25, -0.2) is 4.79 Å². The van der Waals surface area contributed by atoms with Crippen LogP contribution in [-0.4, -0.2) is 19.2 Å². The predicted octanol–water partition coefficient (Wildman–Crippen LogP) is 10.4. The van der Waals surface area contributed by atoms with Crippen molar-refractivity contribution in [3.8, 4) is 22.6 Å². The summed E-state index contributed by atoms with van der Waals surface area (Å²) in [6, 6.07) is 23.2. The first-order valence-electron chi connectivity index (χ1n) is 15.4. The third-order valence-electron chi connectivity index (χ3n) is 7.21. The van der Waals surface area contributed by atoms with E-state index in [-0.39, 0.29) is 12.1 Å². The molecule has 0 aromatic heterocycles. The van der Waals surface area contributed by atoms with E-state index in [1.807, 2.05) is 36.4 Å². The quantitative estimate of drug-likeness (QED) is 0.0855. The lowest BCUT2D eigenvalue weighted by Gasteiger charge is -2.14. The van der Waals surface area contributed by atoms with E-state index in [0.29, 0.717) is 17.9 Å². The Balaban J connectivity index is 1.37. The molecule has 3 rings (SSSR count). The van der Waals surface area contributed by atoms with Crippen molar-refractivity contribution < 1.29 is 19.0 Å². The zero-order chi connectivity index (χ0) is 28.4. The molecule has 1 unspecified atom stereocenters. The standard InChI is InChI=1S/C36H48O4/c1-4-6-7-8-9-10-11-12-13-14-28-38-29(3)30-15-17-31(18-16-30)32-19-21-33(22-20-32)36(37)40-35-25-23-34(24-26-35)39-27-5-2/h15-26,29H,4-14,27-28H2,1-3H3. The summed E-state index contributed by atoms with van der Waals surface area (Å²) in [6.45, 7) is 7.94. The molecule has 0 fully saturated rings.